The van der Waals surface area contributed by atoms with E-state index in [1.165, 1.54) is 0 Å². The maximum Gasteiger partial charge on any atom is 0.259 e. The Morgan fingerprint density at radius 2 is 2.09 bits per heavy atom. The van der Waals surface area contributed by atoms with E-state index in [9.17, 15) is 4.79 Å². The summed E-state index contributed by atoms with van der Waals surface area (Å²) in [6.07, 6.45) is 3.61. The highest BCUT2D eigenvalue weighted by Gasteiger charge is 2.28. The van der Waals surface area contributed by atoms with Crippen molar-refractivity contribution in [3.8, 4) is 0 Å². The fourth-order valence-electron chi connectivity index (χ4n) is 2.93. The van der Waals surface area contributed by atoms with E-state index in [1.807, 2.05) is 44.3 Å². The van der Waals surface area contributed by atoms with Gasteiger partial charge < -0.3 is 9.42 Å². The highest BCUT2D eigenvalue weighted by atomic mass is 16.5. The summed E-state index contributed by atoms with van der Waals surface area (Å²) in [4.78, 5) is 14.2. The number of carbonyl (C=O) groups is 1. The number of rotatable bonds is 3. The molecule has 2 aromatic heterocycles. The van der Waals surface area contributed by atoms with Gasteiger partial charge in [-0.1, -0.05) is 23.4 Å². The molecule has 1 aromatic carbocycles. The number of hydrogen-bond donors (Lipinski definition) is 0. The number of anilines is 1. The van der Waals surface area contributed by atoms with Gasteiger partial charge in [0.15, 0.2) is 0 Å². The molecular formula is C17H16N4O2. The number of aromatic nitrogens is 3. The average Bonchev–Trinajstić information content (AvgIpc) is 3.23. The average molecular weight is 308 g/mol. The lowest BCUT2D eigenvalue weighted by atomic mass is 10.1. The van der Waals surface area contributed by atoms with Gasteiger partial charge in [0, 0.05) is 17.3 Å². The van der Waals surface area contributed by atoms with Crippen molar-refractivity contribution in [1.82, 2.24) is 14.9 Å². The summed E-state index contributed by atoms with van der Waals surface area (Å²) in [5.74, 6) is 0.821. The molecule has 0 saturated carbocycles. The molecule has 0 fully saturated rings. The molecular weight excluding hydrogens is 292 g/mol. The van der Waals surface area contributed by atoms with E-state index < -0.39 is 0 Å². The quantitative estimate of drug-likeness (QED) is 0.746. The second-order valence-corrected chi connectivity index (χ2v) is 5.75. The molecule has 1 amide bonds. The molecule has 1 aliphatic rings. The molecule has 0 bridgehead atoms. The number of amides is 1. The molecule has 6 heteroatoms. The summed E-state index contributed by atoms with van der Waals surface area (Å²) < 4.78 is 6.98. The minimum Gasteiger partial charge on any atom is -0.361 e. The van der Waals surface area contributed by atoms with Crippen molar-refractivity contribution < 1.29 is 9.32 Å². The fourth-order valence-corrected chi connectivity index (χ4v) is 2.93. The summed E-state index contributed by atoms with van der Waals surface area (Å²) in [5, 5.41) is 8.32. The number of aryl methyl sites for hydroxylation is 2. The van der Waals surface area contributed by atoms with Crippen LogP contribution in [-0.2, 0) is 13.1 Å². The Morgan fingerprint density at radius 3 is 2.83 bits per heavy atom. The fraction of sp³-hybridized carbons (Fsp3) is 0.235. The van der Waals surface area contributed by atoms with Crippen LogP contribution in [0.25, 0.3) is 0 Å². The predicted octanol–water partition coefficient (Wildman–Crippen LogP) is 2.70. The van der Waals surface area contributed by atoms with Crippen LogP contribution in [0.5, 0.6) is 0 Å². The Kier molecular flexibility index (Phi) is 3.04. The van der Waals surface area contributed by atoms with E-state index in [0.29, 0.717) is 13.1 Å². The Labute approximate surface area is 133 Å². The summed E-state index contributed by atoms with van der Waals surface area (Å²) in [6.45, 7) is 4.97. The highest BCUT2D eigenvalue weighted by Crippen LogP contribution is 2.28. The Hall–Kier alpha value is -2.89. The van der Waals surface area contributed by atoms with Crippen LogP contribution in [0.15, 0.2) is 41.2 Å². The first kappa shape index (κ1) is 13.8. The lowest BCUT2D eigenvalue weighted by Crippen LogP contribution is -2.22. The van der Waals surface area contributed by atoms with Gasteiger partial charge >= 0.3 is 0 Å². The molecule has 0 spiro atoms. The van der Waals surface area contributed by atoms with Gasteiger partial charge in [0.1, 0.15) is 5.76 Å². The van der Waals surface area contributed by atoms with Gasteiger partial charge in [-0.15, -0.1) is 0 Å². The van der Waals surface area contributed by atoms with Crippen LogP contribution < -0.4 is 4.90 Å². The smallest absolute Gasteiger partial charge is 0.259 e. The van der Waals surface area contributed by atoms with Crippen LogP contribution in [0.1, 0.15) is 32.9 Å². The molecule has 6 nitrogen and oxygen atoms in total. The molecule has 0 atom stereocenters. The number of carbonyl (C=O) groups excluding carboxylic acids is 1. The molecule has 0 saturated heterocycles. The van der Waals surface area contributed by atoms with Crippen LogP contribution in [0, 0.1) is 13.8 Å². The Morgan fingerprint density at radius 1 is 1.26 bits per heavy atom. The molecule has 1 aliphatic heterocycles. The maximum atomic E-state index is 12.5. The number of nitrogens with zero attached hydrogens (tertiary/aromatic N) is 4. The van der Waals surface area contributed by atoms with Gasteiger partial charge in [-0.05, 0) is 25.5 Å². The zero-order valence-electron chi connectivity index (χ0n) is 13.0. The molecule has 116 valence electrons. The van der Waals surface area contributed by atoms with Crippen LogP contribution in [0.3, 0.4) is 0 Å². The molecule has 0 aliphatic carbocycles. The monoisotopic (exact) mass is 308 g/mol. The van der Waals surface area contributed by atoms with Gasteiger partial charge in [-0.3, -0.25) is 9.48 Å². The minimum absolute atomic E-state index is 0.0255. The van der Waals surface area contributed by atoms with Crippen molar-refractivity contribution in [3.63, 3.8) is 0 Å². The summed E-state index contributed by atoms with van der Waals surface area (Å²) in [5.41, 5.74) is 4.51. The summed E-state index contributed by atoms with van der Waals surface area (Å²) >= 11 is 0. The number of hydrogen-bond acceptors (Lipinski definition) is 4. The lowest BCUT2D eigenvalue weighted by Gasteiger charge is -2.12. The van der Waals surface area contributed by atoms with Crippen molar-refractivity contribution in [2.75, 3.05) is 4.90 Å². The van der Waals surface area contributed by atoms with Gasteiger partial charge in [-0.2, -0.15) is 5.10 Å². The first-order valence-corrected chi connectivity index (χ1v) is 7.47. The highest BCUT2D eigenvalue weighted by molar-refractivity contribution is 6.09. The van der Waals surface area contributed by atoms with E-state index in [2.05, 4.69) is 10.3 Å². The number of benzene rings is 1. The lowest BCUT2D eigenvalue weighted by molar-refractivity contribution is 0.0996. The normalized spacial score (nSPS) is 13.7. The Balaban J connectivity index is 1.59. The van der Waals surface area contributed by atoms with Crippen LogP contribution in [-0.4, -0.2) is 20.8 Å². The van der Waals surface area contributed by atoms with E-state index in [-0.39, 0.29) is 5.91 Å². The van der Waals surface area contributed by atoms with E-state index in [4.69, 9.17) is 4.52 Å². The molecule has 3 aromatic rings. The second kappa shape index (κ2) is 5.08. The molecule has 3 heterocycles. The molecule has 4 rings (SSSR count). The van der Waals surface area contributed by atoms with Crippen molar-refractivity contribution in [3.05, 3.63) is 64.8 Å². The molecule has 23 heavy (non-hydrogen) atoms. The van der Waals surface area contributed by atoms with E-state index >= 15 is 0 Å². The van der Waals surface area contributed by atoms with Crippen molar-refractivity contribution in [1.29, 1.82) is 0 Å². The van der Waals surface area contributed by atoms with Gasteiger partial charge in [-0.25, -0.2) is 0 Å². The van der Waals surface area contributed by atoms with Crippen molar-refractivity contribution >= 4 is 11.6 Å². The molecule has 0 radical (unpaired) electrons. The van der Waals surface area contributed by atoms with Gasteiger partial charge in [0.05, 0.1) is 30.7 Å². The SMILES string of the molecule is Cc1noc(C)c1Cn1cc(N2Cc3ccccc3C2=O)cn1. The van der Waals surface area contributed by atoms with Gasteiger partial charge in [0.25, 0.3) is 5.91 Å². The largest absolute Gasteiger partial charge is 0.361 e. The standard InChI is InChI=1S/C17H16N4O2/c1-11-16(12(2)23-19-11)10-20-9-14(7-18-20)21-8-13-5-3-4-6-15(13)17(21)22/h3-7,9H,8,10H2,1-2H3. The third-order valence-corrected chi connectivity index (χ3v) is 4.25. The number of fused-ring (bicyclic) bond motifs is 1. The van der Waals surface area contributed by atoms with Crippen molar-refractivity contribution in [2.45, 2.75) is 26.9 Å². The minimum atomic E-state index is 0.0255. The zero-order valence-corrected chi connectivity index (χ0v) is 13.0. The Bertz CT molecular complexity index is 874. The third-order valence-electron chi connectivity index (χ3n) is 4.25. The molecule has 0 N–H and O–H groups in total. The first-order chi connectivity index (χ1) is 11.1. The predicted molar refractivity (Wildman–Crippen MR) is 84.3 cm³/mol. The topological polar surface area (TPSA) is 64.2 Å². The zero-order chi connectivity index (χ0) is 16.0. The van der Waals surface area contributed by atoms with E-state index in [0.717, 1.165) is 33.8 Å². The summed E-state index contributed by atoms with van der Waals surface area (Å²) in [7, 11) is 0. The second-order valence-electron chi connectivity index (χ2n) is 5.75. The van der Waals surface area contributed by atoms with E-state index in [1.54, 1.807) is 15.8 Å². The molecule has 0 unspecified atom stereocenters. The first-order valence-electron chi connectivity index (χ1n) is 7.47. The van der Waals surface area contributed by atoms with Crippen LogP contribution in [0.2, 0.25) is 0 Å². The van der Waals surface area contributed by atoms with Crippen LogP contribution >= 0.6 is 0 Å². The summed E-state index contributed by atoms with van der Waals surface area (Å²) in [6, 6.07) is 7.70. The van der Waals surface area contributed by atoms with Crippen molar-refractivity contribution in [2.24, 2.45) is 0 Å². The van der Waals surface area contributed by atoms with Crippen LogP contribution in [0.4, 0.5) is 5.69 Å². The third kappa shape index (κ3) is 2.23. The maximum absolute atomic E-state index is 12.5. The van der Waals surface area contributed by atoms with Gasteiger partial charge in [0.2, 0.25) is 0 Å².